The number of anilines is 1. The van der Waals surface area contributed by atoms with Gasteiger partial charge in [0, 0.05) is 37.6 Å². The SMILES string of the molecule is c1cnc2c(c1)-c1nn(-c3ccc(N4CC5CCN(C6COC6)CC5C4)nc3)cc1CO2. The van der Waals surface area contributed by atoms with Gasteiger partial charge in [0.05, 0.1) is 36.7 Å². The first kappa shape index (κ1) is 18.6. The lowest BCUT2D eigenvalue weighted by molar-refractivity contribution is -0.0790. The Balaban J connectivity index is 1.08. The molecule has 164 valence electrons. The van der Waals surface area contributed by atoms with Crippen molar-refractivity contribution in [1.29, 1.82) is 0 Å². The average Bonchev–Trinajstić information content (AvgIpc) is 3.42. The van der Waals surface area contributed by atoms with Gasteiger partial charge < -0.3 is 14.4 Å². The van der Waals surface area contributed by atoms with Crippen molar-refractivity contribution in [2.45, 2.75) is 19.1 Å². The number of pyridine rings is 2. The van der Waals surface area contributed by atoms with Gasteiger partial charge in [-0.25, -0.2) is 14.6 Å². The highest BCUT2D eigenvalue weighted by Crippen LogP contribution is 2.36. The summed E-state index contributed by atoms with van der Waals surface area (Å²) in [6, 6.07) is 8.82. The van der Waals surface area contributed by atoms with Crippen LogP contribution in [0.2, 0.25) is 0 Å². The normalized spacial score (nSPS) is 24.9. The Morgan fingerprint density at radius 1 is 1.00 bits per heavy atom. The minimum atomic E-state index is 0.491. The van der Waals surface area contributed by atoms with Gasteiger partial charge >= 0.3 is 0 Å². The standard InChI is InChI=1S/C24H26N6O2/c1-2-21-23-18(13-32-24(21)25-6-1)12-30(27-23)19-3-4-22(26-8-19)29-9-16-5-7-28(10-17(16)11-29)20-14-31-15-20/h1-4,6,8,12,16-17,20H,5,7,9-11,13-15H2. The van der Waals surface area contributed by atoms with E-state index < -0.39 is 0 Å². The fourth-order valence-electron chi connectivity index (χ4n) is 5.56. The van der Waals surface area contributed by atoms with E-state index in [1.54, 1.807) is 6.20 Å². The molecular weight excluding hydrogens is 404 g/mol. The summed E-state index contributed by atoms with van der Waals surface area (Å²) in [5, 5.41) is 4.81. The first-order chi connectivity index (χ1) is 15.8. The van der Waals surface area contributed by atoms with Crippen LogP contribution >= 0.6 is 0 Å². The van der Waals surface area contributed by atoms with Crippen LogP contribution in [0.5, 0.6) is 5.88 Å². The van der Waals surface area contributed by atoms with Gasteiger partial charge in [0.25, 0.3) is 0 Å². The third-order valence-corrected chi connectivity index (χ3v) is 7.47. The predicted octanol–water partition coefficient (Wildman–Crippen LogP) is 2.38. The van der Waals surface area contributed by atoms with Gasteiger partial charge in [0.1, 0.15) is 18.1 Å². The molecule has 3 aromatic heterocycles. The highest BCUT2D eigenvalue weighted by atomic mass is 16.5. The molecule has 8 nitrogen and oxygen atoms in total. The Bertz CT molecular complexity index is 1140. The lowest BCUT2D eigenvalue weighted by Gasteiger charge is -2.42. The van der Waals surface area contributed by atoms with Gasteiger partial charge in [-0.2, -0.15) is 5.10 Å². The Morgan fingerprint density at radius 2 is 1.94 bits per heavy atom. The molecule has 0 radical (unpaired) electrons. The summed E-state index contributed by atoms with van der Waals surface area (Å²) in [6.45, 7) is 6.93. The maximum atomic E-state index is 5.77. The van der Waals surface area contributed by atoms with Crippen LogP contribution < -0.4 is 9.64 Å². The van der Waals surface area contributed by atoms with Crippen molar-refractivity contribution in [1.82, 2.24) is 24.6 Å². The molecule has 2 unspecified atom stereocenters. The Hall–Kier alpha value is -2.97. The molecular formula is C24H26N6O2. The molecule has 4 aliphatic heterocycles. The lowest BCUT2D eigenvalue weighted by atomic mass is 9.88. The van der Waals surface area contributed by atoms with Crippen molar-refractivity contribution in [3.63, 3.8) is 0 Å². The van der Waals surface area contributed by atoms with E-state index in [1.807, 2.05) is 29.2 Å². The number of hydrogen-bond acceptors (Lipinski definition) is 7. The van der Waals surface area contributed by atoms with Crippen LogP contribution in [0.3, 0.4) is 0 Å². The first-order valence-electron chi connectivity index (χ1n) is 11.5. The van der Waals surface area contributed by atoms with Gasteiger partial charge in [0.15, 0.2) is 0 Å². The average molecular weight is 431 g/mol. The van der Waals surface area contributed by atoms with Crippen molar-refractivity contribution >= 4 is 5.82 Å². The fraction of sp³-hybridized carbons (Fsp3) is 0.458. The Kier molecular flexibility index (Phi) is 4.23. The zero-order chi connectivity index (χ0) is 21.1. The van der Waals surface area contributed by atoms with E-state index in [1.165, 1.54) is 19.5 Å². The van der Waals surface area contributed by atoms with Crippen LogP contribution in [0, 0.1) is 11.8 Å². The molecule has 8 heteroatoms. The Labute approximate surface area is 186 Å². The van der Waals surface area contributed by atoms with Crippen LogP contribution in [0.25, 0.3) is 16.9 Å². The van der Waals surface area contributed by atoms with Crippen molar-refractivity contribution in [2.24, 2.45) is 11.8 Å². The van der Waals surface area contributed by atoms with Gasteiger partial charge in [-0.15, -0.1) is 0 Å². The molecule has 0 bridgehead atoms. The molecule has 0 N–H and O–H groups in total. The number of hydrogen-bond donors (Lipinski definition) is 0. The number of rotatable bonds is 3. The largest absolute Gasteiger partial charge is 0.472 e. The maximum absolute atomic E-state index is 5.77. The summed E-state index contributed by atoms with van der Waals surface area (Å²) in [4.78, 5) is 14.2. The molecule has 7 rings (SSSR count). The second-order valence-corrected chi connectivity index (χ2v) is 9.37. The summed E-state index contributed by atoms with van der Waals surface area (Å²) in [5.41, 5.74) is 3.91. The quantitative estimate of drug-likeness (QED) is 0.632. The monoisotopic (exact) mass is 430 g/mol. The minimum absolute atomic E-state index is 0.491. The van der Waals surface area contributed by atoms with Crippen LogP contribution in [-0.2, 0) is 11.3 Å². The number of fused-ring (bicyclic) bond motifs is 4. The molecule has 0 aromatic carbocycles. The smallest absolute Gasteiger partial charge is 0.223 e. The third kappa shape index (κ3) is 3.01. The van der Waals surface area contributed by atoms with Crippen LogP contribution in [-0.4, -0.2) is 70.1 Å². The summed E-state index contributed by atoms with van der Waals surface area (Å²) in [6.07, 6.45) is 6.99. The summed E-state index contributed by atoms with van der Waals surface area (Å²) >= 11 is 0. The number of nitrogens with zero attached hydrogens (tertiary/aromatic N) is 6. The second kappa shape index (κ2) is 7.28. The number of likely N-dealkylation sites (tertiary alicyclic amines) is 1. The van der Waals surface area contributed by atoms with Crippen LogP contribution in [0.15, 0.2) is 42.9 Å². The topological polar surface area (TPSA) is 68.5 Å². The Morgan fingerprint density at radius 3 is 2.78 bits per heavy atom. The third-order valence-electron chi connectivity index (χ3n) is 7.47. The van der Waals surface area contributed by atoms with Crippen molar-refractivity contribution in [3.8, 4) is 22.8 Å². The van der Waals surface area contributed by atoms with E-state index >= 15 is 0 Å². The van der Waals surface area contributed by atoms with Gasteiger partial charge in [-0.3, -0.25) is 4.90 Å². The highest BCUT2D eigenvalue weighted by Gasteiger charge is 2.40. The summed E-state index contributed by atoms with van der Waals surface area (Å²) in [5.74, 6) is 3.23. The van der Waals surface area contributed by atoms with E-state index in [-0.39, 0.29) is 0 Å². The molecule has 0 saturated carbocycles. The van der Waals surface area contributed by atoms with Gasteiger partial charge in [-0.1, -0.05) is 0 Å². The molecule has 3 saturated heterocycles. The zero-order valence-electron chi connectivity index (χ0n) is 17.9. The lowest BCUT2D eigenvalue weighted by Crippen LogP contribution is -2.54. The molecule has 0 amide bonds. The molecule has 4 aliphatic rings. The molecule has 32 heavy (non-hydrogen) atoms. The van der Waals surface area contributed by atoms with Crippen molar-refractivity contribution in [3.05, 3.63) is 48.4 Å². The van der Waals surface area contributed by atoms with Gasteiger partial charge in [-0.05, 0) is 49.1 Å². The van der Waals surface area contributed by atoms with E-state index in [4.69, 9.17) is 19.6 Å². The molecule has 7 heterocycles. The molecule has 0 aliphatic carbocycles. The number of aromatic nitrogens is 4. The predicted molar refractivity (Wildman–Crippen MR) is 119 cm³/mol. The minimum Gasteiger partial charge on any atom is -0.472 e. The molecule has 3 aromatic rings. The van der Waals surface area contributed by atoms with E-state index in [9.17, 15) is 0 Å². The van der Waals surface area contributed by atoms with Crippen LogP contribution in [0.4, 0.5) is 5.82 Å². The zero-order valence-corrected chi connectivity index (χ0v) is 17.9. The van der Waals surface area contributed by atoms with Crippen molar-refractivity contribution in [2.75, 3.05) is 44.3 Å². The molecule has 0 spiro atoms. The van der Waals surface area contributed by atoms with Gasteiger partial charge in [0.2, 0.25) is 5.88 Å². The molecule has 3 fully saturated rings. The maximum Gasteiger partial charge on any atom is 0.223 e. The second-order valence-electron chi connectivity index (χ2n) is 9.37. The fourth-order valence-corrected chi connectivity index (χ4v) is 5.56. The number of ether oxygens (including phenoxy) is 2. The number of piperidine rings is 1. The van der Waals surface area contributed by atoms with Crippen LogP contribution in [0.1, 0.15) is 12.0 Å². The summed E-state index contributed by atoms with van der Waals surface area (Å²) < 4.78 is 13.1. The highest BCUT2D eigenvalue weighted by molar-refractivity contribution is 5.69. The van der Waals surface area contributed by atoms with E-state index in [0.29, 0.717) is 18.5 Å². The summed E-state index contributed by atoms with van der Waals surface area (Å²) in [7, 11) is 0. The molecule has 2 atom stereocenters. The first-order valence-corrected chi connectivity index (χ1v) is 11.5. The van der Waals surface area contributed by atoms with E-state index in [2.05, 4.69) is 26.9 Å². The van der Waals surface area contributed by atoms with E-state index in [0.717, 1.165) is 66.5 Å². The van der Waals surface area contributed by atoms with Crippen molar-refractivity contribution < 1.29 is 9.47 Å².